The summed E-state index contributed by atoms with van der Waals surface area (Å²) in [6, 6.07) is 7.91. The zero-order valence-electron chi connectivity index (χ0n) is 15.4. The van der Waals surface area contributed by atoms with E-state index in [2.05, 4.69) is 17.0 Å². The predicted molar refractivity (Wildman–Crippen MR) is 97.7 cm³/mol. The highest BCUT2D eigenvalue weighted by Crippen LogP contribution is 2.21. The Morgan fingerprint density at radius 2 is 1.85 bits per heavy atom. The fourth-order valence-electron chi connectivity index (χ4n) is 4.20. The van der Waals surface area contributed by atoms with Crippen molar-refractivity contribution in [2.24, 2.45) is 5.92 Å². The summed E-state index contributed by atoms with van der Waals surface area (Å²) in [5.74, 6) is -0.160. The van der Waals surface area contributed by atoms with Crippen molar-refractivity contribution in [3.05, 3.63) is 35.4 Å². The maximum atomic E-state index is 13.0. The molecule has 0 unspecified atom stereocenters. The average molecular weight is 357 g/mol. The SMILES string of the molecule is CN1C(=O)[C@H]2COC[C@@H]1CN(C(=O)c1ccc(CN3CCCC3)cc1)C2. The van der Waals surface area contributed by atoms with Crippen molar-refractivity contribution in [3.8, 4) is 0 Å². The summed E-state index contributed by atoms with van der Waals surface area (Å²) < 4.78 is 5.61. The number of likely N-dealkylation sites (tertiary alicyclic amines) is 1. The van der Waals surface area contributed by atoms with Gasteiger partial charge >= 0.3 is 0 Å². The van der Waals surface area contributed by atoms with E-state index < -0.39 is 0 Å². The standard InChI is InChI=1S/C20H27N3O3/c1-21-18-12-23(11-17(19(21)24)13-26-14-18)20(25)16-6-4-15(5-7-16)10-22-8-2-3-9-22/h4-7,17-18H,2-3,8-14H2,1H3/t17-,18+/m1/s1. The summed E-state index contributed by atoms with van der Waals surface area (Å²) in [5, 5.41) is 0. The highest BCUT2D eigenvalue weighted by Gasteiger charge is 2.38. The molecule has 6 nitrogen and oxygen atoms in total. The molecule has 0 aromatic heterocycles. The normalized spacial score (nSPS) is 26.9. The van der Waals surface area contributed by atoms with Crippen molar-refractivity contribution in [3.63, 3.8) is 0 Å². The number of carbonyl (C=O) groups excluding carboxylic acids is 2. The third-order valence-electron chi connectivity index (χ3n) is 5.84. The van der Waals surface area contributed by atoms with E-state index in [0.717, 1.165) is 6.54 Å². The van der Waals surface area contributed by atoms with Gasteiger partial charge in [-0.3, -0.25) is 14.5 Å². The van der Waals surface area contributed by atoms with E-state index in [1.54, 1.807) is 4.90 Å². The lowest BCUT2D eigenvalue weighted by molar-refractivity contribution is -0.133. The summed E-state index contributed by atoms with van der Waals surface area (Å²) >= 11 is 0. The third-order valence-corrected chi connectivity index (χ3v) is 5.84. The molecule has 2 amide bonds. The van der Waals surface area contributed by atoms with Crippen LogP contribution in [0.3, 0.4) is 0 Å². The first-order chi connectivity index (χ1) is 12.6. The van der Waals surface area contributed by atoms with E-state index >= 15 is 0 Å². The number of hydrogen-bond acceptors (Lipinski definition) is 4. The fourth-order valence-corrected chi connectivity index (χ4v) is 4.20. The van der Waals surface area contributed by atoms with Crippen molar-refractivity contribution in [1.82, 2.24) is 14.7 Å². The summed E-state index contributed by atoms with van der Waals surface area (Å²) in [6.45, 7) is 5.16. The van der Waals surface area contributed by atoms with E-state index in [-0.39, 0.29) is 23.8 Å². The molecule has 3 fully saturated rings. The zero-order valence-corrected chi connectivity index (χ0v) is 15.4. The van der Waals surface area contributed by atoms with Crippen LogP contribution >= 0.6 is 0 Å². The second-order valence-electron chi connectivity index (χ2n) is 7.73. The van der Waals surface area contributed by atoms with Gasteiger partial charge in [0, 0.05) is 32.2 Å². The van der Waals surface area contributed by atoms with Crippen LogP contribution in [0.25, 0.3) is 0 Å². The van der Waals surface area contributed by atoms with Gasteiger partial charge in [0.25, 0.3) is 5.91 Å². The topological polar surface area (TPSA) is 53.1 Å². The van der Waals surface area contributed by atoms with E-state index in [4.69, 9.17) is 4.74 Å². The van der Waals surface area contributed by atoms with Crippen LogP contribution in [0.5, 0.6) is 0 Å². The largest absolute Gasteiger partial charge is 0.378 e. The highest BCUT2D eigenvalue weighted by atomic mass is 16.5. The van der Waals surface area contributed by atoms with Gasteiger partial charge < -0.3 is 14.5 Å². The number of hydrogen-bond donors (Lipinski definition) is 0. The minimum Gasteiger partial charge on any atom is -0.378 e. The number of ether oxygens (including phenoxy) is 1. The van der Waals surface area contributed by atoms with Crippen molar-refractivity contribution in [1.29, 1.82) is 0 Å². The Kier molecular flexibility index (Phi) is 4.96. The van der Waals surface area contributed by atoms with Crippen LogP contribution in [0.15, 0.2) is 24.3 Å². The smallest absolute Gasteiger partial charge is 0.253 e. The summed E-state index contributed by atoms with van der Waals surface area (Å²) in [6.07, 6.45) is 2.56. The number of likely N-dealkylation sites (N-methyl/N-ethyl adjacent to an activating group) is 1. The minimum atomic E-state index is -0.258. The van der Waals surface area contributed by atoms with Crippen LogP contribution in [-0.4, -0.2) is 79.0 Å². The molecule has 4 rings (SSSR count). The van der Waals surface area contributed by atoms with Crippen molar-refractivity contribution in [2.45, 2.75) is 25.4 Å². The van der Waals surface area contributed by atoms with Crippen molar-refractivity contribution in [2.75, 3.05) is 46.4 Å². The first-order valence-electron chi connectivity index (χ1n) is 9.57. The predicted octanol–water partition coefficient (Wildman–Crippen LogP) is 1.21. The number of rotatable bonds is 3. The van der Waals surface area contributed by atoms with Crippen LogP contribution in [0.4, 0.5) is 0 Å². The van der Waals surface area contributed by atoms with E-state index in [1.165, 1.54) is 31.5 Å². The molecule has 0 N–H and O–H groups in total. The lowest BCUT2D eigenvalue weighted by atomic mass is 10.1. The number of fused-ring (bicyclic) bond motifs is 3. The Labute approximate surface area is 154 Å². The van der Waals surface area contributed by atoms with E-state index in [9.17, 15) is 9.59 Å². The monoisotopic (exact) mass is 357 g/mol. The fraction of sp³-hybridized carbons (Fsp3) is 0.600. The maximum Gasteiger partial charge on any atom is 0.253 e. The van der Waals surface area contributed by atoms with Gasteiger partial charge in [0.15, 0.2) is 0 Å². The summed E-state index contributed by atoms with van der Waals surface area (Å²) in [4.78, 5) is 31.5. The molecule has 2 atom stereocenters. The Balaban J connectivity index is 1.46. The van der Waals surface area contributed by atoms with Gasteiger partial charge in [0.05, 0.1) is 25.2 Å². The quantitative estimate of drug-likeness (QED) is 0.816. The van der Waals surface area contributed by atoms with Crippen LogP contribution in [0.1, 0.15) is 28.8 Å². The first kappa shape index (κ1) is 17.5. The van der Waals surface area contributed by atoms with Gasteiger partial charge in [-0.2, -0.15) is 0 Å². The van der Waals surface area contributed by atoms with Crippen molar-refractivity contribution < 1.29 is 14.3 Å². The molecule has 1 aromatic carbocycles. The zero-order chi connectivity index (χ0) is 18.1. The van der Waals surface area contributed by atoms with Gasteiger partial charge in [0.2, 0.25) is 5.91 Å². The number of amides is 2. The molecule has 0 saturated carbocycles. The molecule has 3 aliphatic rings. The molecular weight excluding hydrogens is 330 g/mol. The molecule has 6 heteroatoms. The third kappa shape index (κ3) is 3.48. The summed E-state index contributed by atoms with van der Waals surface area (Å²) in [7, 11) is 1.82. The molecule has 0 spiro atoms. The van der Waals surface area contributed by atoms with Crippen molar-refractivity contribution >= 4 is 11.8 Å². The summed E-state index contributed by atoms with van der Waals surface area (Å²) in [5.41, 5.74) is 1.95. The number of nitrogens with zero attached hydrogens (tertiary/aromatic N) is 3. The van der Waals surface area contributed by atoms with Crippen LogP contribution in [0.2, 0.25) is 0 Å². The van der Waals surface area contributed by atoms with Gasteiger partial charge in [-0.1, -0.05) is 12.1 Å². The molecule has 3 saturated heterocycles. The Hall–Kier alpha value is -1.92. The van der Waals surface area contributed by atoms with E-state index in [1.807, 2.05) is 24.1 Å². The molecule has 3 aliphatic heterocycles. The molecule has 0 radical (unpaired) electrons. The van der Waals surface area contributed by atoms with Crippen LogP contribution in [-0.2, 0) is 16.1 Å². The maximum absolute atomic E-state index is 13.0. The molecule has 1 aromatic rings. The Bertz CT molecular complexity index is 669. The van der Waals surface area contributed by atoms with E-state index in [0.29, 0.717) is 31.9 Å². The lowest BCUT2D eigenvalue weighted by Gasteiger charge is -2.29. The molecule has 3 heterocycles. The first-order valence-corrected chi connectivity index (χ1v) is 9.57. The molecule has 2 bridgehead atoms. The van der Waals surface area contributed by atoms with Crippen LogP contribution < -0.4 is 0 Å². The Morgan fingerprint density at radius 3 is 2.58 bits per heavy atom. The van der Waals surface area contributed by atoms with Gasteiger partial charge in [-0.25, -0.2) is 0 Å². The van der Waals surface area contributed by atoms with Gasteiger partial charge in [-0.15, -0.1) is 0 Å². The molecular formula is C20H27N3O3. The minimum absolute atomic E-state index is 0.0118. The average Bonchev–Trinajstić information content (AvgIpc) is 3.06. The molecule has 26 heavy (non-hydrogen) atoms. The highest BCUT2D eigenvalue weighted by molar-refractivity contribution is 5.95. The number of carbonyl (C=O) groups is 2. The van der Waals surface area contributed by atoms with Crippen LogP contribution in [0, 0.1) is 5.92 Å². The lowest BCUT2D eigenvalue weighted by Crippen LogP contribution is -2.45. The second kappa shape index (κ2) is 7.37. The molecule has 0 aliphatic carbocycles. The Morgan fingerprint density at radius 1 is 1.12 bits per heavy atom. The second-order valence-corrected chi connectivity index (χ2v) is 7.73. The number of benzene rings is 1. The van der Waals surface area contributed by atoms with Gasteiger partial charge in [-0.05, 0) is 43.6 Å². The van der Waals surface area contributed by atoms with Gasteiger partial charge in [0.1, 0.15) is 0 Å². The molecule has 140 valence electrons.